The zero-order valence-electron chi connectivity index (χ0n) is 14.3. The summed E-state index contributed by atoms with van der Waals surface area (Å²) >= 11 is 12.7. The molecule has 0 atom stereocenters. The van der Waals surface area contributed by atoms with Gasteiger partial charge in [-0.15, -0.1) is 0 Å². The zero-order valence-corrected chi connectivity index (χ0v) is 16.6. The number of carbonyl (C=O) groups excluding carboxylic acids is 1. The molecule has 1 aromatic heterocycles. The average molecular weight is 425 g/mol. The lowest BCUT2D eigenvalue weighted by molar-refractivity contribution is 0.0954. The number of carbonyl (C=O) groups is 1. The maximum Gasteiger partial charge on any atom is 0.308 e. The third kappa shape index (κ3) is 4.58. The van der Waals surface area contributed by atoms with Gasteiger partial charge in [0.2, 0.25) is 0 Å². The molecule has 0 radical (unpaired) electrons. The lowest BCUT2D eigenvalue weighted by Gasteiger charge is -2.08. The fourth-order valence-corrected chi connectivity index (χ4v) is 3.83. The van der Waals surface area contributed by atoms with Gasteiger partial charge in [-0.2, -0.15) is 0 Å². The quantitative estimate of drug-likeness (QED) is 0.648. The molecule has 3 aromatic rings. The van der Waals surface area contributed by atoms with Gasteiger partial charge in [0, 0.05) is 12.2 Å². The summed E-state index contributed by atoms with van der Waals surface area (Å²) < 4.78 is 14.8. The Morgan fingerprint density at radius 1 is 1.15 bits per heavy atom. The van der Waals surface area contributed by atoms with Crippen LogP contribution in [0.5, 0.6) is 0 Å². The highest BCUT2D eigenvalue weighted by atomic mass is 35.5. The second kappa shape index (κ2) is 8.25. The van der Waals surface area contributed by atoms with Gasteiger partial charge < -0.3 is 5.32 Å². The Labute approximate surface area is 169 Å². The molecular weight excluding hydrogens is 410 g/mol. The SMILES string of the molecule is Cc1c(C(=O)NCc2ccc(Cl)c(Cl)c2)sc(=O)n1Cc1cccc(F)c1. The van der Waals surface area contributed by atoms with Crippen molar-refractivity contribution in [1.29, 1.82) is 0 Å². The number of aromatic nitrogens is 1. The summed E-state index contributed by atoms with van der Waals surface area (Å²) in [6.07, 6.45) is 0. The van der Waals surface area contributed by atoms with E-state index in [4.69, 9.17) is 23.2 Å². The number of hydrogen-bond acceptors (Lipinski definition) is 3. The van der Waals surface area contributed by atoms with Crippen molar-refractivity contribution in [3.8, 4) is 0 Å². The molecule has 0 fully saturated rings. The first kappa shape index (κ1) is 19.6. The summed E-state index contributed by atoms with van der Waals surface area (Å²) in [5, 5.41) is 3.62. The van der Waals surface area contributed by atoms with Crippen molar-refractivity contribution >= 4 is 40.4 Å². The molecule has 0 spiro atoms. The van der Waals surface area contributed by atoms with Crippen LogP contribution in [-0.2, 0) is 13.1 Å². The normalized spacial score (nSPS) is 10.8. The number of benzene rings is 2. The summed E-state index contributed by atoms with van der Waals surface area (Å²) in [5.41, 5.74) is 1.99. The smallest absolute Gasteiger partial charge is 0.308 e. The molecule has 0 unspecified atom stereocenters. The molecule has 1 heterocycles. The van der Waals surface area contributed by atoms with Crippen LogP contribution in [0.25, 0.3) is 0 Å². The van der Waals surface area contributed by atoms with Gasteiger partial charge in [0.05, 0.1) is 16.6 Å². The van der Waals surface area contributed by atoms with Crippen LogP contribution in [0.3, 0.4) is 0 Å². The van der Waals surface area contributed by atoms with Crippen molar-refractivity contribution < 1.29 is 9.18 Å². The van der Waals surface area contributed by atoms with Gasteiger partial charge in [-0.05, 0) is 42.3 Å². The van der Waals surface area contributed by atoms with Crippen molar-refractivity contribution in [3.05, 3.63) is 89.7 Å². The number of rotatable bonds is 5. The topological polar surface area (TPSA) is 51.1 Å². The van der Waals surface area contributed by atoms with Gasteiger partial charge >= 0.3 is 4.87 Å². The van der Waals surface area contributed by atoms with Crippen molar-refractivity contribution in [3.63, 3.8) is 0 Å². The largest absolute Gasteiger partial charge is 0.347 e. The highest BCUT2D eigenvalue weighted by Crippen LogP contribution is 2.22. The molecule has 0 aliphatic heterocycles. The number of hydrogen-bond donors (Lipinski definition) is 1. The first-order chi connectivity index (χ1) is 12.8. The van der Waals surface area contributed by atoms with Gasteiger partial charge in [0.1, 0.15) is 10.7 Å². The predicted octanol–water partition coefficient (Wildman–Crippen LogP) is 4.64. The molecule has 0 aliphatic carbocycles. The van der Waals surface area contributed by atoms with E-state index in [1.54, 1.807) is 37.3 Å². The van der Waals surface area contributed by atoms with Gasteiger partial charge in [-0.25, -0.2) is 4.39 Å². The number of nitrogens with zero attached hydrogens (tertiary/aromatic N) is 1. The van der Waals surface area contributed by atoms with Gasteiger partial charge in [-0.3, -0.25) is 14.2 Å². The number of thiazole rings is 1. The molecule has 0 bridgehead atoms. The highest BCUT2D eigenvalue weighted by Gasteiger charge is 2.18. The van der Waals surface area contributed by atoms with Gasteiger partial charge in [0.25, 0.3) is 5.91 Å². The van der Waals surface area contributed by atoms with E-state index in [1.165, 1.54) is 16.7 Å². The molecule has 1 amide bonds. The molecule has 2 aromatic carbocycles. The van der Waals surface area contributed by atoms with Crippen LogP contribution in [-0.4, -0.2) is 10.5 Å². The second-order valence-corrected chi connectivity index (χ2v) is 7.71. The van der Waals surface area contributed by atoms with E-state index < -0.39 is 0 Å². The van der Waals surface area contributed by atoms with Crippen LogP contribution in [0.2, 0.25) is 10.0 Å². The third-order valence-corrected chi connectivity index (χ3v) is 5.84. The molecule has 8 heteroatoms. The molecular formula is C19H15Cl2FN2O2S. The maximum atomic E-state index is 13.4. The zero-order chi connectivity index (χ0) is 19.6. The monoisotopic (exact) mass is 424 g/mol. The Bertz CT molecular complexity index is 1060. The minimum Gasteiger partial charge on any atom is -0.347 e. The van der Waals surface area contributed by atoms with E-state index in [2.05, 4.69) is 5.32 Å². The maximum absolute atomic E-state index is 13.4. The third-order valence-electron chi connectivity index (χ3n) is 4.02. The minimum atomic E-state index is -0.368. The molecule has 140 valence electrons. The Morgan fingerprint density at radius 3 is 2.63 bits per heavy atom. The van der Waals surface area contributed by atoms with Crippen LogP contribution < -0.4 is 10.2 Å². The number of nitrogens with one attached hydrogen (secondary N) is 1. The lowest BCUT2D eigenvalue weighted by Crippen LogP contribution is -2.23. The molecule has 4 nitrogen and oxygen atoms in total. The number of halogens is 3. The van der Waals surface area contributed by atoms with E-state index in [9.17, 15) is 14.0 Å². The van der Waals surface area contributed by atoms with Crippen LogP contribution >= 0.6 is 34.5 Å². The van der Waals surface area contributed by atoms with Gasteiger partial charge in [0.15, 0.2) is 0 Å². The highest BCUT2D eigenvalue weighted by molar-refractivity contribution is 7.11. The molecule has 0 aliphatic rings. The summed E-state index contributed by atoms with van der Waals surface area (Å²) in [6, 6.07) is 11.1. The Morgan fingerprint density at radius 2 is 1.93 bits per heavy atom. The van der Waals surface area contributed by atoms with Crippen LogP contribution in [0.1, 0.15) is 26.5 Å². The van der Waals surface area contributed by atoms with E-state index in [1.807, 2.05) is 0 Å². The molecule has 3 rings (SSSR count). The summed E-state index contributed by atoms with van der Waals surface area (Å²) in [6.45, 7) is 2.16. The Balaban J connectivity index is 1.75. The Kier molecular flexibility index (Phi) is 5.99. The molecule has 1 N–H and O–H groups in total. The summed E-state index contributed by atoms with van der Waals surface area (Å²) in [5.74, 6) is -0.716. The van der Waals surface area contributed by atoms with Crippen LogP contribution in [0.15, 0.2) is 47.3 Å². The first-order valence-corrected chi connectivity index (χ1v) is 9.59. The van der Waals surface area contributed by atoms with E-state index >= 15 is 0 Å². The molecule has 0 saturated heterocycles. The second-order valence-electron chi connectivity index (χ2n) is 5.93. The minimum absolute atomic E-state index is 0.207. The van der Waals surface area contributed by atoms with E-state index in [0.29, 0.717) is 26.2 Å². The van der Waals surface area contributed by atoms with Crippen molar-refractivity contribution in [2.75, 3.05) is 0 Å². The summed E-state index contributed by atoms with van der Waals surface area (Å²) in [4.78, 5) is 24.8. The first-order valence-electron chi connectivity index (χ1n) is 8.02. The van der Waals surface area contributed by atoms with Crippen molar-refractivity contribution in [2.45, 2.75) is 20.0 Å². The van der Waals surface area contributed by atoms with Gasteiger partial charge in [-0.1, -0.05) is 52.7 Å². The van der Waals surface area contributed by atoms with Crippen molar-refractivity contribution in [1.82, 2.24) is 9.88 Å². The molecule has 0 saturated carbocycles. The number of amides is 1. The Hall–Kier alpha value is -2.15. The average Bonchev–Trinajstić information content (AvgIpc) is 2.91. The molecule has 27 heavy (non-hydrogen) atoms. The summed E-state index contributed by atoms with van der Waals surface area (Å²) in [7, 11) is 0. The van der Waals surface area contributed by atoms with Crippen LogP contribution in [0.4, 0.5) is 4.39 Å². The standard InChI is InChI=1S/C19H15Cl2FN2O2S/c1-11-17(18(25)23-9-12-5-6-15(20)16(21)8-12)27-19(26)24(11)10-13-3-2-4-14(22)7-13/h2-8H,9-10H2,1H3,(H,23,25). The van der Waals surface area contributed by atoms with E-state index in [-0.39, 0.29) is 29.7 Å². The van der Waals surface area contributed by atoms with E-state index in [0.717, 1.165) is 16.9 Å². The fraction of sp³-hybridized carbons (Fsp3) is 0.158. The predicted molar refractivity (Wildman–Crippen MR) is 106 cm³/mol. The fourth-order valence-electron chi connectivity index (χ4n) is 2.60. The van der Waals surface area contributed by atoms with Crippen LogP contribution in [0, 0.1) is 12.7 Å². The lowest BCUT2D eigenvalue weighted by atomic mass is 10.2. The van der Waals surface area contributed by atoms with Crippen molar-refractivity contribution in [2.24, 2.45) is 0 Å².